The second kappa shape index (κ2) is 10.4. The predicted molar refractivity (Wildman–Crippen MR) is 120 cm³/mol. The van der Waals surface area contributed by atoms with Crippen molar-refractivity contribution in [2.45, 2.75) is 39.5 Å². The summed E-state index contributed by atoms with van der Waals surface area (Å²) < 4.78 is 28.2. The first-order valence-electron chi connectivity index (χ1n) is 11.4. The fourth-order valence-electron chi connectivity index (χ4n) is 3.93. The summed E-state index contributed by atoms with van der Waals surface area (Å²) in [5.41, 5.74) is 1.27. The van der Waals surface area contributed by atoms with Crippen molar-refractivity contribution in [2.24, 2.45) is 0 Å². The number of carbonyl (C=O) groups excluding carboxylic acids is 1. The van der Waals surface area contributed by atoms with Crippen molar-refractivity contribution >= 4 is 5.91 Å². The molecule has 3 aromatic rings. The average molecular weight is 456 g/mol. The summed E-state index contributed by atoms with van der Waals surface area (Å²) in [6, 6.07) is 5.25. The van der Waals surface area contributed by atoms with Crippen LogP contribution >= 0.6 is 0 Å². The summed E-state index contributed by atoms with van der Waals surface area (Å²) in [6.45, 7) is 8.26. The van der Waals surface area contributed by atoms with Gasteiger partial charge in [0.05, 0.1) is 31.6 Å². The van der Waals surface area contributed by atoms with E-state index in [0.29, 0.717) is 67.5 Å². The molecule has 3 heterocycles. The zero-order valence-corrected chi connectivity index (χ0v) is 19.2. The zero-order valence-electron chi connectivity index (χ0n) is 19.2. The molecule has 1 aromatic carbocycles. The van der Waals surface area contributed by atoms with Gasteiger partial charge in [0.25, 0.3) is 11.8 Å². The van der Waals surface area contributed by atoms with Crippen molar-refractivity contribution in [3.63, 3.8) is 0 Å². The number of benzene rings is 1. The Hall–Kier alpha value is -3.49. The maximum absolute atomic E-state index is 13.3. The van der Waals surface area contributed by atoms with Gasteiger partial charge in [0.15, 0.2) is 11.5 Å². The Labute approximate surface area is 192 Å². The van der Waals surface area contributed by atoms with Gasteiger partial charge >= 0.3 is 0 Å². The van der Waals surface area contributed by atoms with Gasteiger partial charge in [-0.3, -0.25) is 4.79 Å². The van der Waals surface area contributed by atoms with Crippen LogP contribution in [-0.4, -0.2) is 53.9 Å². The van der Waals surface area contributed by atoms with Crippen molar-refractivity contribution < 1.29 is 27.8 Å². The molecule has 1 amide bonds. The van der Waals surface area contributed by atoms with E-state index in [1.54, 1.807) is 30.7 Å². The van der Waals surface area contributed by atoms with Crippen LogP contribution in [0, 0.1) is 0 Å². The van der Waals surface area contributed by atoms with Crippen molar-refractivity contribution in [3.8, 4) is 28.7 Å². The van der Waals surface area contributed by atoms with Gasteiger partial charge in [0, 0.05) is 24.6 Å². The van der Waals surface area contributed by atoms with Gasteiger partial charge in [0.1, 0.15) is 6.26 Å². The third-order valence-electron chi connectivity index (χ3n) is 5.50. The van der Waals surface area contributed by atoms with E-state index in [9.17, 15) is 4.79 Å². The second-order valence-corrected chi connectivity index (χ2v) is 7.62. The molecule has 1 aliphatic rings. The normalized spacial score (nSPS) is 14.3. The zero-order chi connectivity index (χ0) is 23.2. The Morgan fingerprint density at radius 3 is 2.27 bits per heavy atom. The number of carbonyl (C=O) groups is 1. The molecule has 9 heteroatoms. The second-order valence-electron chi connectivity index (χ2n) is 7.62. The number of piperidine rings is 1. The van der Waals surface area contributed by atoms with E-state index in [-0.39, 0.29) is 11.8 Å². The summed E-state index contributed by atoms with van der Waals surface area (Å²) in [5.74, 6) is 2.64. The molecule has 0 unspecified atom stereocenters. The highest BCUT2D eigenvalue weighted by atomic mass is 16.5. The minimum atomic E-state index is -0.0666. The van der Waals surface area contributed by atoms with Gasteiger partial charge in [-0.25, -0.2) is 0 Å². The summed E-state index contributed by atoms with van der Waals surface area (Å²) in [5, 5.41) is 8.32. The van der Waals surface area contributed by atoms with Gasteiger partial charge in [-0.1, -0.05) is 0 Å². The van der Waals surface area contributed by atoms with E-state index in [2.05, 4.69) is 10.2 Å². The van der Waals surface area contributed by atoms with Crippen molar-refractivity contribution in [1.29, 1.82) is 0 Å². The molecule has 4 rings (SSSR count). The molecular weight excluding hydrogens is 426 g/mol. The SMILES string of the molecule is CCOc1cc(C(=O)N2CCC(c3nnc(-c4ccoc4)o3)CC2)cc(OCC)c1OCC. The van der Waals surface area contributed by atoms with E-state index in [1.807, 2.05) is 25.7 Å². The topological polar surface area (TPSA) is 100 Å². The largest absolute Gasteiger partial charge is 0.490 e. The lowest BCUT2D eigenvalue weighted by Crippen LogP contribution is -2.38. The minimum absolute atomic E-state index is 0.0666. The maximum atomic E-state index is 13.3. The van der Waals surface area contributed by atoms with Gasteiger partial charge in [0.2, 0.25) is 11.6 Å². The molecule has 0 bridgehead atoms. The van der Waals surface area contributed by atoms with E-state index in [4.69, 9.17) is 23.0 Å². The number of amides is 1. The van der Waals surface area contributed by atoms with E-state index in [1.165, 1.54) is 0 Å². The van der Waals surface area contributed by atoms with Crippen molar-refractivity contribution in [1.82, 2.24) is 15.1 Å². The van der Waals surface area contributed by atoms with Crippen LogP contribution in [0.1, 0.15) is 55.8 Å². The number of ether oxygens (including phenoxy) is 3. The first-order chi connectivity index (χ1) is 16.1. The van der Waals surface area contributed by atoms with Crippen LogP contribution in [0.3, 0.4) is 0 Å². The number of rotatable bonds is 9. The van der Waals surface area contributed by atoms with Crippen LogP contribution in [0.15, 0.2) is 39.6 Å². The number of hydrogen-bond donors (Lipinski definition) is 0. The molecule has 2 aromatic heterocycles. The molecular formula is C24H29N3O6. The first-order valence-corrected chi connectivity index (χ1v) is 11.4. The lowest BCUT2D eigenvalue weighted by molar-refractivity contribution is 0.0705. The molecule has 0 spiro atoms. The minimum Gasteiger partial charge on any atom is -0.490 e. The van der Waals surface area contributed by atoms with Crippen LogP contribution in [0.4, 0.5) is 0 Å². The molecule has 1 fully saturated rings. The molecule has 9 nitrogen and oxygen atoms in total. The number of aromatic nitrogens is 2. The van der Waals surface area contributed by atoms with Crippen molar-refractivity contribution in [3.05, 3.63) is 42.2 Å². The highest BCUT2D eigenvalue weighted by Crippen LogP contribution is 2.40. The highest BCUT2D eigenvalue weighted by Gasteiger charge is 2.29. The molecule has 1 aliphatic heterocycles. The van der Waals surface area contributed by atoms with Gasteiger partial charge in [-0.2, -0.15) is 0 Å². The van der Waals surface area contributed by atoms with Gasteiger partial charge < -0.3 is 27.9 Å². The molecule has 0 saturated carbocycles. The summed E-state index contributed by atoms with van der Waals surface area (Å²) in [4.78, 5) is 15.1. The summed E-state index contributed by atoms with van der Waals surface area (Å²) >= 11 is 0. The van der Waals surface area contributed by atoms with Crippen LogP contribution in [0.2, 0.25) is 0 Å². The Bertz CT molecular complexity index is 1030. The lowest BCUT2D eigenvalue weighted by Gasteiger charge is -2.30. The Kier molecular flexibility index (Phi) is 7.16. The molecule has 33 heavy (non-hydrogen) atoms. The van der Waals surface area contributed by atoms with Gasteiger partial charge in [-0.15, -0.1) is 10.2 Å². The summed E-state index contributed by atoms with van der Waals surface area (Å²) in [6.07, 6.45) is 4.62. The number of nitrogens with zero attached hydrogens (tertiary/aromatic N) is 3. The number of furan rings is 1. The Balaban J connectivity index is 1.47. The molecule has 1 saturated heterocycles. The average Bonchev–Trinajstić information content (AvgIpc) is 3.53. The van der Waals surface area contributed by atoms with Crippen LogP contribution < -0.4 is 14.2 Å². The Morgan fingerprint density at radius 1 is 1.03 bits per heavy atom. The van der Waals surface area contributed by atoms with E-state index < -0.39 is 0 Å². The first kappa shape index (κ1) is 22.7. The quantitative estimate of drug-likeness (QED) is 0.463. The predicted octanol–water partition coefficient (Wildman–Crippen LogP) is 4.55. The maximum Gasteiger partial charge on any atom is 0.254 e. The van der Waals surface area contributed by atoms with Crippen LogP contribution in [0.25, 0.3) is 11.5 Å². The lowest BCUT2D eigenvalue weighted by atomic mass is 9.96. The standard InChI is InChI=1S/C24H29N3O6/c1-4-30-19-13-18(14-20(31-5-2)21(19)32-6-3)24(28)27-10-7-16(8-11-27)22-25-26-23(33-22)17-9-12-29-15-17/h9,12-16H,4-8,10-11H2,1-3H3. The number of likely N-dealkylation sites (tertiary alicyclic amines) is 1. The third-order valence-corrected chi connectivity index (χ3v) is 5.50. The van der Waals surface area contributed by atoms with E-state index >= 15 is 0 Å². The van der Waals surface area contributed by atoms with E-state index in [0.717, 1.165) is 18.4 Å². The highest BCUT2D eigenvalue weighted by molar-refractivity contribution is 5.95. The van der Waals surface area contributed by atoms with Gasteiger partial charge in [-0.05, 0) is 51.8 Å². The third kappa shape index (κ3) is 4.97. The number of hydrogen-bond acceptors (Lipinski definition) is 8. The van der Waals surface area contributed by atoms with Crippen LogP contribution in [-0.2, 0) is 0 Å². The molecule has 0 atom stereocenters. The summed E-state index contributed by atoms with van der Waals surface area (Å²) in [7, 11) is 0. The Morgan fingerprint density at radius 2 is 1.70 bits per heavy atom. The molecule has 0 N–H and O–H groups in total. The smallest absolute Gasteiger partial charge is 0.254 e. The van der Waals surface area contributed by atoms with Crippen LogP contribution in [0.5, 0.6) is 17.2 Å². The fourth-order valence-corrected chi connectivity index (χ4v) is 3.93. The fraction of sp³-hybridized carbons (Fsp3) is 0.458. The monoisotopic (exact) mass is 455 g/mol. The van der Waals surface area contributed by atoms with Crippen molar-refractivity contribution in [2.75, 3.05) is 32.9 Å². The molecule has 176 valence electrons. The molecule has 0 radical (unpaired) electrons. The molecule has 0 aliphatic carbocycles.